The van der Waals surface area contributed by atoms with E-state index in [2.05, 4.69) is 36.9 Å². The zero-order valence-corrected chi connectivity index (χ0v) is 13.1. The molecule has 0 saturated carbocycles. The van der Waals surface area contributed by atoms with Crippen LogP contribution < -0.4 is 10.6 Å². The fourth-order valence-electron chi connectivity index (χ4n) is 3.13. The van der Waals surface area contributed by atoms with Crippen LogP contribution in [-0.4, -0.2) is 24.0 Å². The molecule has 0 bridgehead atoms. The van der Waals surface area contributed by atoms with E-state index < -0.39 is 5.91 Å². The fraction of sp³-hybridized carbons (Fsp3) is 0.333. The number of aromatic nitrogens is 1. The zero-order chi connectivity index (χ0) is 15.7. The predicted molar refractivity (Wildman–Crippen MR) is 90.9 cm³/mol. The Morgan fingerprint density at radius 2 is 1.95 bits per heavy atom. The first-order valence-corrected chi connectivity index (χ1v) is 7.69. The van der Waals surface area contributed by atoms with Crippen molar-refractivity contribution in [2.24, 2.45) is 5.73 Å². The van der Waals surface area contributed by atoms with Crippen LogP contribution in [0.25, 0.3) is 17.0 Å². The smallest absolute Gasteiger partial charge is 0.241 e. The van der Waals surface area contributed by atoms with Crippen molar-refractivity contribution >= 4 is 28.7 Å². The summed E-state index contributed by atoms with van der Waals surface area (Å²) in [7, 11) is 0. The summed E-state index contributed by atoms with van der Waals surface area (Å²) in [5, 5.41) is 1.10. The van der Waals surface area contributed by atoms with Crippen LogP contribution in [0.3, 0.4) is 0 Å². The Balaban J connectivity index is 2.19. The normalized spacial score (nSPS) is 15.1. The molecule has 0 unspecified atom stereocenters. The Morgan fingerprint density at radius 3 is 2.64 bits per heavy atom. The minimum absolute atomic E-state index is 0.437. The van der Waals surface area contributed by atoms with E-state index in [4.69, 9.17) is 10.7 Å². The molecule has 1 aliphatic rings. The molecule has 1 aromatic carbocycles. The molecule has 4 heteroatoms. The highest BCUT2D eigenvalue weighted by Gasteiger charge is 2.17. The van der Waals surface area contributed by atoms with Gasteiger partial charge < -0.3 is 10.6 Å². The summed E-state index contributed by atoms with van der Waals surface area (Å²) in [4.78, 5) is 18.3. The van der Waals surface area contributed by atoms with Gasteiger partial charge in [0.2, 0.25) is 5.91 Å². The molecular weight excluding hydrogens is 274 g/mol. The standard InChI is InChI=1S/C18H21N3O/c1-12-9-13(2)17-15(10-12)11-14(5-6-16(19)22)18(20-17)21-7-3-4-8-21/h5-6,9-11H,3-4,7-8H2,1-2H3,(H2,19,22)/b6-5+. The molecule has 2 aromatic rings. The number of nitrogens with two attached hydrogens (primary N) is 1. The van der Waals surface area contributed by atoms with Gasteiger partial charge >= 0.3 is 0 Å². The first-order valence-electron chi connectivity index (χ1n) is 7.69. The summed E-state index contributed by atoms with van der Waals surface area (Å²) < 4.78 is 0. The number of nitrogens with zero attached hydrogens (tertiary/aromatic N) is 2. The first kappa shape index (κ1) is 14.6. The quantitative estimate of drug-likeness (QED) is 0.886. The number of aryl methyl sites for hydroxylation is 2. The van der Waals surface area contributed by atoms with Crippen molar-refractivity contribution in [2.45, 2.75) is 26.7 Å². The number of pyridine rings is 1. The summed E-state index contributed by atoms with van der Waals surface area (Å²) in [6.07, 6.45) is 5.56. The van der Waals surface area contributed by atoms with Gasteiger partial charge in [0.25, 0.3) is 0 Å². The van der Waals surface area contributed by atoms with Crippen LogP contribution in [0.15, 0.2) is 24.3 Å². The number of benzene rings is 1. The highest BCUT2D eigenvalue weighted by Crippen LogP contribution is 2.29. The number of anilines is 1. The zero-order valence-electron chi connectivity index (χ0n) is 13.1. The maximum absolute atomic E-state index is 11.1. The molecule has 2 heterocycles. The Kier molecular flexibility index (Phi) is 3.84. The second kappa shape index (κ2) is 5.79. The van der Waals surface area contributed by atoms with E-state index in [1.165, 1.54) is 30.0 Å². The number of hydrogen-bond acceptors (Lipinski definition) is 3. The van der Waals surface area contributed by atoms with Crippen LogP contribution in [0, 0.1) is 13.8 Å². The first-order chi connectivity index (χ1) is 10.5. The van der Waals surface area contributed by atoms with Crippen LogP contribution in [0.1, 0.15) is 29.5 Å². The van der Waals surface area contributed by atoms with E-state index in [1.807, 2.05) is 0 Å². The number of rotatable bonds is 3. The van der Waals surface area contributed by atoms with Crippen LogP contribution in [-0.2, 0) is 4.79 Å². The Labute approximate surface area is 130 Å². The summed E-state index contributed by atoms with van der Waals surface area (Å²) in [5.74, 6) is 0.516. The molecule has 0 aliphatic carbocycles. The van der Waals surface area contributed by atoms with Gasteiger partial charge in [-0.1, -0.05) is 11.6 Å². The number of amides is 1. The molecule has 22 heavy (non-hydrogen) atoms. The topological polar surface area (TPSA) is 59.2 Å². The van der Waals surface area contributed by atoms with Gasteiger partial charge in [-0.05, 0) is 50.5 Å². The Hall–Kier alpha value is -2.36. The number of fused-ring (bicyclic) bond motifs is 1. The predicted octanol–water partition coefficient (Wildman–Crippen LogP) is 2.95. The third-order valence-electron chi connectivity index (χ3n) is 4.09. The largest absolute Gasteiger partial charge is 0.366 e. The number of carbonyl (C=O) groups excluding carboxylic acids is 1. The van der Waals surface area contributed by atoms with E-state index in [1.54, 1.807) is 6.08 Å². The van der Waals surface area contributed by atoms with Gasteiger partial charge in [0.15, 0.2) is 0 Å². The van der Waals surface area contributed by atoms with Gasteiger partial charge in [-0.3, -0.25) is 4.79 Å². The molecule has 0 atom stereocenters. The van der Waals surface area contributed by atoms with Crippen molar-refractivity contribution in [1.29, 1.82) is 0 Å². The van der Waals surface area contributed by atoms with E-state index >= 15 is 0 Å². The molecule has 0 radical (unpaired) electrons. The number of hydrogen-bond donors (Lipinski definition) is 1. The van der Waals surface area contributed by atoms with Crippen LogP contribution in [0.5, 0.6) is 0 Å². The van der Waals surface area contributed by atoms with Gasteiger partial charge in [0, 0.05) is 30.1 Å². The molecule has 2 N–H and O–H groups in total. The molecule has 4 nitrogen and oxygen atoms in total. The minimum atomic E-state index is -0.437. The maximum atomic E-state index is 11.1. The van der Waals surface area contributed by atoms with E-state index in [9.17, 15) is 4.79 Å². The number of primary amides is 1. The lowest BCUT2D eigenvalue weighted by Crippen LogP contribution is -2.20. The summed E-state index contributed by atoms with van der Waals surface area (Å²) >= 11 is 0. The second-order valence-corrected chi connectivity index (χ2v) is 5.98. The van der Waals surface area contributed by atoms with Gasteiger partial charge in [0.1, 0.15) is 5.82 Å². The van der Waals surface area contributed by atoms with Crippen LogP contribution in [0.4, 0.5) is 5.82 Å². The molecule has 3 rings (SSSR count). The molecule has 1 fully saturated rings. The highest BCUT2D eigenvalue weighted by atomic mass is 16.1. The van der Waals surface area contributed by atoms with Crippen molar-refractivity contribution in [3.05, 3.63) is 41.0 Å². The molecular formula is C18H21N3O. The van der Waals surface area contributed by atoms with Gasteiger partial charge in [-0.2, -0.15) is 0 Å². The lowest BCUT2D eigenvalue weighted by atomic mass is 10.0. The third kappa shape index (κ3) is 2.82. The van der Waals surface area contributed by atoms with Crippen molar-refractivity contribution < 1.29 is 4.79 Å². The van der Waals surface area contributed by atoms with E-state index in [0.717, 1.165) is 35.4 Å². The minimum Gasteiger partial charge on any atom is -0.366 e. The lowest BCUT2D eigenvalue weighted by molar-refractivity contribution is -0.113. The number of carbonyl (C=O) groups is 1. The molecule has 1 amide bonds. The molecule has 1 aliphatic heterocycles. The fourth-order valence-corrected chi connectivity index (χ4v) is 3.13. The van der Waals surface area contributed by atoms with Crippen molar-refractivity contribution in [3.63, 3.8) is 0 Å². The molecule has 1 aromatic heterocycles. The summed E-state index contributed by atoms with van der Waals surface area (Å²) in [6, 6.07) is 6.39. The SMILES string of the molecule is Cc1cc(C)c2nc(N3CCCC3)c(/C=C/C(N)=O)cc2c1. The van der Waals surface area contributed by atoms with Crippen molar-refractivity contribution in [2.75, 3.05) is 18.0 Å². The second-order valence-electron chi connectivity index (χ2n) is 5.98. The molecule has 0 spiro atoms. The summed E-state index contributed by atoms with van der Waals surface area (Å²) in [6.45, 7) is 6.20. The van der Waals surface area contributed by atoms with E-state index in [0.29, 0.717) is 0 Å². The van der Waals surface area contributed by atoms with E-state index in [-0.39, 0.29) is 0 Å². The summed E-state index contributed by atoms with van der Waals surface area (Å²) in [5.41, 5.74) is 9.63. The maximum Gasteiger partial charge on any atom is 0.241 e. The van der Waals surface area contributed by atoms with Crippen LogP contribution >= 0.6 is 0 Å². The Morgan fingerprint density at radius 1 is 1.23 bits per heavy atom. The average Bonchev–Trinajstić information content (AvgIpc) is 2.98. The molecule has 1 saturated heterocycles. The van der Waals surface area contributed by atoms with Gasteiger partial charge in [-0.15, -0.1) is 0 Å². The van der Waals surface area contributed by atoms with Gasteiger partial charge in [0.05, 0.1) is 5.52 Å². The molecule has 114 valence electrons. The van der Waals surface area contributed by atoms with Gasteiger partial charge in [-0.25, -0.2) is 4.98 Å². The monoisotopic (exact) mass is 295 g/mol. The van der Waals surface area contributed by atoms with Crippen molar-refractivity contribution in [1.82, 2.24) is 4.98 Å². The lowest BCUT2D eigenvalue weighted by Gasteiger charge is -2.20. The average molecular weight is 295 g/mol. The Bertz CT molecular complexity index is 759. The highest BCUT2D eigenvalue weighted by molar-refractivity contribution is 5.93. The van der Waals surface area contributed by atoms with Crippen molar-refractivity contribution in [3.8, 4) is 0 Å². The van der Waals surface area contributed by atoms with Crippen LogP contribution in [0.2, 0.25) is 0 Å². The third-order valence-corrected chi connectivity index (χ3v) is 4.09.